The topological polar surface area (TPSA) is 17.1 Å². The number of benzene rings is 1. The van der Waals surface area contributed by atoms with Crippen LogP contribution in [0.4, 0.5) is 4.39 Å². The molecule has 0 saturated carbocycles. The summed E-state index contributed by atoms with van der Waals surface area (Å²) in [5.74, 6) is -0.742. The summed E-state index contributed by atoms with van der Waals surface area (Å²) in [6.45, 7) is 3.97. The molecule has 1 aromatic carbocycles. The smallest absolute Gasteiger partial charge is 0.188 e. The van der Waals surface area contributed by atoms with E-state index in [-0.39, 0.29) is 11.3 Å². The van der Waals surface area contributed by atoms with E-state index in [1.807, 2.05) is 13.8 Å². The second-order valence-corrected chi connectivity index (χ2v) is 4.41. The van der Waals surface area contributed by atoms with Crippen molar-refractivity contribution in [1.82, 2.24) is 0 Å². The van der Waals surface area contributed by atoms with Gasteiger partial charge >= 0.3 is 0 Å². The van der Waals surface area contributed by atoms with Crippen molar-refractivity contribution >= 4 is 21.7 Å². The van der Waals surface area contributed by atoms with Crippen molar-refractivity contribution in [2.24, 2.45) is 0 Å². The number of carbonyl (C=O) groups is 1. The molecule has 0 radical (unpaired) electrons. The highest BCUT2D eigenvalue weighted by molar-refractivity contribution is 9.10. The molecule has 1 nitrogen and oxygen atoms in total. The van der Waals surface area contributed by atoms with Crippen LogP contribution in [0.15, 0.2) is 34.3 Å². The van der Waals surface area contributed by atoms with E-state index < -0.39 is 5.82 Å². The number of rotatable bonds is 4. The van der Waals surface area contributed by atoms with E-state index in [2.05, 4.69) is 15.9 Å². The molecule has 0 amide bonds. The van der Waals surface area contributed by atoms with Crippen LogP contribution in [0.1, 0.15) is 37.0 Å². The minimum atomic E-state index is -0.476. The third kappa shape index (κ3) is 3.27. The molecular weight excluding hydrogens is 271 g/mol. The molecule has 0 aromatic heterocycles. The van der Waals surface area contributed by atoms with Gasteiger partial charge in [0.25, 0.3) is 0 Å². The normalized spacial score (nSPS) is 10.0. The van der Waals surface area contributed by atoms with Gasteiger partial charge in [-0.2, -0.15) is 0 Å². The van der Waals surface area contributed by atoms with E-state index in [1.165, 1.54) is 18.2 Å². The molecule has 0 bridgehead atoms. The maximum absolute atomic E-state index is 13.4. The minimum Gasteiger partial charge on any atom is -0.289 e. The molecule has 0 fully saturated rings. The monoisotopic (exact) mass is 284 g/mol. The molecule has 0 atom stereocenters. The minimum absolute atomic E-state index is 0.119. The number of allylic oxidation sites excluding steroid dienone is 2. The van der Waals surface area contributed by atoms with E-state index >= 15 is 0 Å². The molecule has 86 valence electrons. The highest BCUT2D eigenvalue weighted by Gasteiger charge is 2.10. The van der Waals surface area contributed by atoms with Crippen LogP contribution >= 0.6 is 15.9 Å². The average Bonchev–Trinajstić information content (AvgIpc) is 2.28. The Balaban J connectivity index is 3.05. The van der Waals surface area contributed by atoms with Gasteiger partial charge in [0.15, 0.2) is 5.78 Å². The predicted molar refractivity (Wildman–Crippen MR) is 67.1 cm³/mol. The lowest BCUT2D eigenvalue weighted by Crippen LogP contribution is -2.00. The molecule has 0 aliphatic heterocycles. The lowest BCUT2D eigenvalue weighted by atomic mass is 10.0. The third-order valence-electron chi connectivity index (χ3n) is 2.44. The van der Waals surface area contributed by atoms with Crippen molar-refractivity contribution < 1.29 is 9.18 Å². The van der Waals surface area contributed by atoms with Gasteiger partial charge in [0.1, 0.15) is 5.82 Å². The Morgan fingerprint density at radius 3 is 2.56 bits per heavy atom. The first kappa shape index (κ1) is 13.1. The SMILES string of the molecule is CCC(=CC(=O)c1cc(Br)ccc1F)CC. The predicted octanol–water partition coefficient (Wildman–Crippen LogP) is 4.52. The molecule has 0 saturated heterocycles. The number of hydrogen-bond donors (Lipinski definition) is 0. The Kier molecular flexibility index (Phi) is 4.87. The average molecular weight is 285 g/mol. The van der Waals surface area contributed by atoms with E-state index in [9.17, 15) is 9.18 Å². The fourth-order valence-corrected chi connectivity index (χ4v) is 1.76. The molecule has 1 aromatic rings. The van der Waals surface area contributed by atoms with Gasteiger partial charge in [-0.3, -0.25) is 4.79 Å². The summed E-state index contributed by atoms with van der Waals surface area (Å²) in [7, 11) is 0. The summed E-state index contributed by atoms with van der Waals surface area (Å²) in [6, 6.07) is 4.39. The third-order valence-corrected chi connectivity index (χ3v) is 2.93. The van der Waals surface area contributed by atoms with Crippen LogP contribution in [0.5, 0.6) is 0 Å². The molecule has 16 heavy (non-hydrogen) atoms. The van der Waals surface area contributed by atoms with Gasteiger partial charge < -0.3 is 0 Å². The highest BCUT2D eigenvalue weighted by Crippen LogP contribution is 2.17. The second kappa shape index (κ2) is 5.94. The standard InChI is InChI=1S/C13H14BrFO/c1-3-9(4-2)7-13(16)11-8-10(14)5-6-12(11)15/h5-8H,3-4H2,1-2H3. The summed E-state index contributed by atoms with van der Waals surface area (Å²) >= 11 is 3.23. The molecule has 3 heteroatoms. The summed E-state index contributed by atoms with van der Waals surface area (Å²) in [6.07, 6.45) is 3.17. The van der Waals surface area contributed by atoms with Crippen molar-refractivity contribution in [3.63, 3.8) is 0 Å². The second-order valence-electron chi connectivity index (χ2n) is 3.50. The van der Waals surface area contributed by atoms with E-state index in [0.717, 1.165) is 18.4 Å². The van der Waals surface area contributed by atoms with Crippen LogP contribution < -0.4 is 0 Å². The van der Waals surface area contributed by atoms with E-state index in [4.69, 9.17) is 0 Å². The number of ketones is 1. The van der Waals surface area contributed by atoms with Crippen molar-refractivity contribution in [3.05, 3.63) is 45.7 Å². The summed E-state index contributed by atoms with van der Waals surface area (Å²) in [4.78, 5) is 11.8. The van der Waals surface area contributed by atoms with Crippen LogP contribution in [0, 0.1) is 5.82 Å². The number of carbonyl (C=O) groups excluding carboxylic acids is 1. The lowest BCUT2D eigenvalue weighted by Gasteiger charge is -2.02. The Morgan fingerprint density at radius 1 is 1.38 bits per heavy atom. The molecule has 0 unspecified atom stereocenters. The Hall–Kier alpha value is -0.960. The fraction of sp³-hybridized carbons (Fsp3) is 0.308. The van der Waals surface area contributed by atoms with Crippen molar-refractivity contribution in [2.75, 3.05) is 0 Å². The van der Waals surface area contributed by atoms with E-state index in [0.29, 0.717) is 4.47 Å². The van der Waals surface area contributed by atoms with Crippen LogP contribution in [-0.2, 0) is 0 Å². The Bertz CT molecular complexity index is 418. The fourth-order valence-electron chi connectivity index (χ4n) is 1.40. The summed E-state index contributed by atoms with van der Waals surface area (Å²) in [5, 5.41) is 0. The molecule has 1 rings (SSSR count). The first-order valence-electron chi connectivity index (χ1n) is 5.27. The van der Waals surface area contributed by atoms with Gasteiger partial charge in [0.05, 0.1) is 5.56 Å². The molecule has 0 N–H and O–H groups in total. The molecule has 0 aliphatic rings. The zero-order chi connectivity index (χ0) is 12.1. The largest absolute Gasteiger partial charge is 0.289 e. The van der Waals surface area contributed by atoms with Crippen LogP contribution in [0.25, 0.3) is 0 Å². The van der Waals surface area contributed by atoms with Crippen molar-refractivity contribution in [3.8, 4) is 0 Å². The van der Waals surface area contributed by atoms with Gasteiger partial charge in [-0.1, -0.05) is 35.4 Å². The first-order valence-corrected chi connectivity index (χ1v) is 6.06. The van der Waals surface area contributed by atoms with Crippen molar-refractivity contribution in [2.45, 2.75) is 26.7 Å². The molecule has 0 heterocycles. The van der Waals surface area contributed by atoms with Crippen LogP contribution in [0.3, 0.4) is 0 Å². The molecule has 0 aliphatic carbocycles. The van der Waals surface area contributed by atoms with Crippen LogP contribution in [0.2, 0.25) is 0 Å². The lowest BCUT2D eigenvalue weighted by molar-refractivity contribution is 0.104. The van der Waals surface area contributed by atoms with Crippen LogP contribution in [-0.4, -0.2) is 5.78 Å². The first-order chi connectivity index (χ1) is 7.58. The number of hydrogen-bond acceptors (Lipinski definition) is 1. The van der Waals surface area contributed by atoms with Gasteiger partial charge in [0.2, 0.25) is 0 Å². The molecular formula is C13H14BrFO. The van der Waals surface area contributed by atoms with Gasteiger partial charge in [-0.15, -0.1) is 0 Å². The maximum atomic E-state index is 13.4. The highest BCUT2D eigenvalue weighted by atomic mass is 79.9. The van der Waals surface area contributed by atoms with E-state index in [1.54, 1.807) is 6.07 Å². The maximum Gasteiger partial charge on any atom is 0.188 e. The summed E-state index contributed by atoms with van der Waals surface area (Å²) < 4.78 is 14.1. The Morgan fingerprint density at radius 2 is 2.00 bits per heavy atom. The summed E-state index contributed by atoms with van der Waals surface area (Å²) in [5.41, 5.74) is 1.15. The zero-order valence-electron chi connectivity index (χ0n) is 9.39. The Labute approximate surface area is 103 Å². The molecule has 0 spiro atoms. The van der Waals surface area contributed by atoms with Gasteiger partial charge in [0, 0.05) is 4.47 Å². The zero-order valence-corrected chi connectivity index (χ0v) is 11.0. The number of halogens is 2. The van der Waals surface area contributed by atoms with Gasteiger partial charge in [-0.25, -0.2) is 4.39 Å². The quantitative estimate of drug-likeness (QED) is 0.587. The van der Waals surface area contributed by atoms with Gasteiger partial charge in [-0.05, 0) is 37.1 Å². The van der Waals surface area contributed by atoms with Crippen molar-refractivity contribution in [1.29, 1.82) is 0 Å².